The van der Waals surface area contributed by atoms with E-state index in [1.807, 2.05) is 0 Å². The Balaban J connectivity index is 1.63. The molecule has 0 fully saturated rings. The molecule has 26 heavy (non-hydrogen) atoms. The monoisotopic (exact) mass is 370 g/mol. The minimum Gasteiger partial charge on any atom is -0.508 e. The van der Waals surface area contributed by atoms with Crippen LogP contribution in [0.15, 0.2) is 24.3 Å². The zero-order valence-corrected chi connectivity index (χ0v) is 15.1. The van der Waals surface area contributed by atoms with Gasteiger partial charge in [0.15, 0.2) is 6.61 Å². The highest BCUT2D eigenvalue weighted by Crippen LogP contribution is 2.39. The van der Waals surface area contributed by atoms with Crippen molar-refractivity contribution in [3.8, 4) is 11.8 Å². The van der Waals surface area contributed by atoms with Gasteiger partial charge in [-0.1, -0.05) is 6.92 Å². The standard InChI is InChI=1S/C19H18N2O4S/c1-11-2-7-14-15(9-20)18(26-16(14)8-11)21-17(23)10-25-19(24)12-3-5-13(22)6-4-12/h3-6,11,22H,2,7-8,10H2,1H3,(H,21,23)/t11-/m1/s1. The molecule has 0 unspecified atom stereocenters. The highest BCUT2D eigenvalue weighted by molar-refractivity contribution is 7.16. The van der Waals surface area contributed by atoms with Crippen molar-refractivity contribution in [1.82, 2.24) is 0 Å². The second-order valence-corrected chi connectivity index (χ2v) is 7.44. The number of thiophene rings is 1. The Morgan fingerprint density at radius 2 is 2.12 bits per heavy atom. The van der Waals surface area contributed by atoms with E-state index < -0.39 is 18.5 Å². The zero-order valence-electron chi connectivity index (χ0n) is 14.2. The normalized spacial score (nSPS) is 15.6. The lowest BCUT2D eigenvalue weighted by Gasteiger charge is -2.17. The van der Waals surface area contributed by atoms with Gasteiger partial charge in [-0.3, -0.25) is 4.79 Å². The Labute approximate surface area is 155 Å². The molecule has 2 aromatic rings. The molecular weight excluding hydrogens is 352 g/mol. The number of phenols is 1. The molecule has 3 rings (SSSR count). The molecule has 0 saturated carbocycles. The number of nitrogens with zero attached hydrogens (tertiary/aromatic N) is 1. The van der Waals surface area contributed by atoms with Crippen LogP contribution >= 0.6 is 11.3 Å². The number of amides is 1. The predicted molar refractivity (Wildman–Crippen MR) is 97.2 cm³/mol. The van der Waals surface area contributed by atoms with Gasteiger partial charge >= 0.3 is 5.97 Å². The summed E-state index contributed by atoms with van der Waals surface area (Å²) in [6.07, 6.45) is 2.80. The number of aromatic hydroxyl groups is 1. The minimum atomic E-state index is -0.653. The Hall–Kier alpha value is -2.85. The van der Waals surface area contributed by atoms with Crippen molar-refractivity contribution in [2.45, 2.75) is 26.2 Å². The Morgan fingerprint density at radius 3 is 2.81 bits per heavy atom. The van der Waals surface area contributed by atoms with Crippen LogP contribution in [0, 0.1) is 17.2 Å². The second kappa shape index (κ2) is 7.58. The maximum absolute atomic E-state index is 12.1. The van der Waals surface area contributed by atoms with E-state index in [0.717, 1.165) is 29.7 Å². The van der Waals surface area contributed by atoms with Gasteiger partial charge in [0, 0.05) is 4.88 Å². The van der Waals surface area contributed by atoms with E-state index in [4.69, 9.17) is 4.74 Å². The number of phenolic OH excluding ortho intramolecular Hbond substituents is 1. The molecule has 1 aliphatic rings. The van der Waals surface area contributed by atoms with Crippen LogP contribution in [0.1, 0.15) is 39.7 Å². The molecule has 1 aliphatic carbocycles. The first-order valence-electron chi connectivity index (χ1n) is 8.28. The van der Waals surface area contributed by atoms with E-state index in [2.05, 4.69) is 18.3 Å². The number of nitrogens with one attached hydrogen (secondary N) is 1. The lowest BCUT2D eigenvalue weighted by atomic mass is 9.89. The van der Waals surface area contributed by atoms with Crippen LogP contribution in [0.2, 0.25) is 0 Å². The number of ether oxygens (including phenoxy) is 1. The molecule has 1 amide bonds. The number of carbonyl (C=O) groups excluding carboxylic acids is 2. The Morgan fingerprint density at radius 1 is 1.38 bits per heavy atom. The average Bonchev–Trinajstić information content (AvgIpc) is 2.96. The third-order valence-corrected chi connectivity index (χ3v) is 5.48. The third kappa shape index (κ3) is 3.86. The van der Waals surface area contributed by atoms with Crippen LogP contribution in [0.3, 0.4) is 0 Å². The molecule has 0 saturated heterocycles. The molecule has 0 spiro atoms. The molecule has 134 valence electrons. The largest absolute Gasteiger partial charge is 0.508 e. The van der Waals surface area contributed by atoms with Crippen LogP contribution in [-0.4, -0.2) is 23.6 Å². The molecule has 6 nitrogen and oxygen atoms in total. The van der Waals surface area contributed by atoms with E-state index >= 15 is 0 Å². The molecule has 1 aromatic carbocycles. The van der Waals surface area contributed by atoms with Crippen molar-refractivity contribution in [2.24, 2.45) is 5.92 Å². The molecule has 0 radical (unpaired) electrons. The van der Waals surface area contributed by atoms with Gasteiger partial charge in [0.25, 0.3) is 5.91 Å². The van der Waals surface area contributed by atoms with Gasteiger partial charge in [-0.25, -0.2) is 4.79 Å². The van der Waals surface area contributed by atoms with Crippen molar-refractivity contribution in [1.29, 1.82) is 5.26 Å². The van der Waals surface area contributed by atoms with Gasteiger partial charge in [0.1, 0.15) is 16.8 Å². The van der Waals surface area contributed by atoms with Crippen molar-refractivity contribution >= 4 is 28.2 Å². The van der Waals surface area contributed by atoms with Crippen molar-refractivity contribution in [3.05, 3.63) is 45.8 Å². The zero-order chi connectivity index (χ0) is 18.7. The number of benzene rings is 1. The molecule has 1 aromatic heterocycles. The maximum Gasteiger partial charge on any atom is 0.338 e. The molecule has 1 atom stereocenters. The number of nitriles is 1. The van der Waals surface area contributed by atoms with Gasteiger partial charge in [0.05, 0.1) is 11.1 Å². The SMILES string of the molecule is C[C@@H]1CCc2c(sc(NC(=O)COC(=O)c3ccc(O)cc3)c2C#N)C1. The lowest BCUT2D eigenvalue weighted by molar-refractivity contribution is -0.119. The highest BCUT2D eigenvalue weighted by Gasteiger charge is 2.24. The number of hydrogen-bond donors (Lipinski definition) is 2. The summed E-state index contributed by atoms with van der Waals surface area (Å²) in [5.74, 6) is -0.526. The molecular formula is C19H18N2O4S. The summed E-state index contributed by atoms with van der Waals surface area (Å²) in [4.78, 5) is 25.2. The van der Waals surface area contributed by atoms with E-state index in [1.165, 1.54) is 35.6 Å². The van der Waals surface area contributed by atoms with Crippen LogP contribution in [0.4, 0.5) is 5.00 Å². The van der Waals surface area contributed by atoms with Gasteiger partial charge in [-0.15, -0.1) is 11.3 Å². The van der Waals surface area contributed by atoms with Gasteiger partial charge in [-0.2, -0.15) is 5.26 Å². The summed E-state index contributed by atoms with van der Waals surface area (Å²) in [6.45, 7) is 1.74. The number of rotatable bonds is 4. The van der Waals surface area contributed by atoms with Gasteiger partial charge in [0.2, 0.25) is 0 Å². The number of carbonyl (C=O) groups is 2. The third-order valence-electron chi connectivity index (χ3n) is 4.31. The second-order valence-electron chi connectivity index (χ2n) is 6.34. The molecule has 7 heteroatoms. The van der Waals surface area contributed by atoms with Crippen molar-refractivity contribution < 1.29 is 19.4 Å². The summed E-state index contributed by atoms with van der Waals surface area (Å²) in [5.41, 5.74) is 1.80. The van der Waals surface area contributed by atoms with Crippen LogP contribution in [0.5, 0.6) is 5.75 Å². The molecule has 2 N–H and O–H groups in total. The van der Waals surface area contributed by atoms with Gasteiger partial charge in [-0.05, 0) is 55.0 Å². The maximum atomic E-state index is 12.1. The first-order valence-corrected chi connectivity index (χ1v) is 9.10. The summed E-state index contributed by atoms with van der Waals surface area (Å²) in [7, 11) is 0. The fourth-order valence-electron chi connectivity index (χ4n) is 2.93. The summed E-state index contributed by atoms with van der Waals surface area (Å²) < 4.78 is 4.98. The van der Waals surface area contributed by atoms with Crippen LogP contribution in [-0.2, 0) is 22.4 Å². The number of anilines is 1. The van der Waals surface area contributed by atoms with E-state index in [0.29, 0.717) is 16.5 Å². The fraction of sp³-hybridized carbons (Fsp3) is 0.316. The van der Waals surface area contributed by atoms with Crippen molar-refractivity contribution in [3.63, 3.8) is 0 Å². The number of hydrogen-bond acceptors (Lipinski definition) is 6. The molecule has 0 aliphatic heterocycles. The summed E-state index contributed by atoms with van der Waals surface area (Å²) in [6, 6.07) is 7.75. The summed E-state index contributed by atoms with van der Waals surface area (Å²) >= 11 is 1.43. The summed E-state index contributed by atoms with van der Waals surface area (Å²) in [5, 5.41) is 21.9. The quantitative estimate of drug-likeness (QED) is 0.805. The van der Waals surface area contributed by atoms with Crippen molar-refractivity contribution in [2.75, 3.05) is 11.9 Å². The smallest absolute Gasteiger partial charge is 0.338 e. The van der Waals surface area contributed by atoms with E-state index in [9.17, 15) is 20.0 Å². The van der Waals surface area contributed by atoms with E-state index in [-0.39, 0.29) is 11.3 Å². The fourth-order valence-corrected chi connectivity index (χ4v) is 4.31. The first-order chi connectivity index (χ1) is 12.5. The average molecular weight is 370 g/mol. The lowest BCUT2D eigenvalue weighted by Crippen LogP contribution is -2.20. The highest BCUT2D eigenvalue weighted by atomic mass is 32.1. The molecule has 1 heterocycles. The first kappa shape index (κ1) is 18.0. The van der Waals surface area contributed by atoms with Gasteiger partial charge < -0.3 is 15.2 Å². The van der Waals surface area contributed by atoms with Crippen LogP contribution < -0.4 is 5.32 Å². The minimum absolute atomic E-state index is 0.0410. The molecule has 0 bridgehead atoms. The Kier molecular flexibility index (Phi) is 5.24. The Bertz CT molecular complexity index is 880. The topological polar surface area (TPSA) is 99.4 Å². The number of fused-ring (bicyclic) bond motifs is 1. The van der Waals surface area contributed by atoms with Crippen LogP contribution in [0.25, 0.3) is 0 Å². The van der Waals surface area contributed by atoms with E-state index in [1.54, 1.807) is 0 Å². The predicted octanol–water partition coefficient (Wildman–Crippen LogP) is 3.25. The number of esters is 1.